The molecular formula is C14H19N3O4. The van der Waals surface area contributed by atoms with Gasteiger partial charge in [0.2, 0.25) is 5.91 Å². The van der Waals surface area contributed by atoms with Gasteiger partial charge in [-0.2, -0.15) is 0 Å². The number of amides is 1. The highest BCUT2D eigenvalue weighted by Crippen LogP contribution is 2.25. The Labute approximate surface area is 122 Å². The van der Waals surface area contributed by atoms with Gasteiger partial charge in [-0.25, -0.2) is 0 Å². The van der Waals surface area contributed by atoms with Crippen LogP contribution in [0.4, 0.5) is 5.69 Å². The molecule has 1 saturated heterocycles. The number of para-hydroxylation sites is 2. The molecule has 0 aliphatic carbocycles. The van der Waals surface area contributed by atoms with Crippen molar-refractivity contribution in [3.63, 3.8) is 0 Å². The molecule has 21 heavy (non-hydrogen) atoms. The molecule has 1 amide bonds. The van der Waals surface area contributed by atoms with Crippen molar-refractivity contribution in [3.05, 3.63) is 24.3 Å². The number of nitrogens with one attached hydrogen (secondary N) is 1. The number of nitrogens with zero attached hydrogens (tertiary/aromatic N) is 1. The van der Waals surface area contributed by atoms with Crippen molar-refractivity contribution in [1.29, 1.82) is 0 Å². The Hall–Kier alpha value is -2.28. The minimum absolute atomic E-state index is 0.0446. The van der Waals surface area contributed by atoms with Crippen molar-refractivity contribution < 1.29 is 19.5 Å². The molecule has 0 radical (unpaired) electrons. The number of oxime groups is 1. The highest BCUT2D eigenvalue weighted by molar-refractivity contribution is 5.94. The molecule has 1 heterocycles. The predicted molar refractivity (Wildman–Crippen MR) is 77.5 cm³/mol. The lowest BCUT2D eigenvalue weighted by Crippen LogP contribution is -2.30. The molecule has 0 aromatic heterocycles. The van der Waals surface area contributed by atoms with Gasteiger partial charge in [-0.15, -0.1) is 0 Å². The van der Waals surface area contributed by atoms with E-state index in [9.17, 15) is 4.79 Å². The zero-order valence-electron chi connectivity index (χ0n) is 11.6. The summed E-state index contributed by atoms with van der Waals surface area (Å²) in [5, 5.41) is 14.2. The van der Waals surface area contributed by atoms with Crippen molar-refractivity contribution in [2.75, 3.05) is 25.1 Å². The van der Waals surface area contributed by atoms with Crippen LogP contribution in [-0.4, -0.2) is 36.8 Å². The lowest BCUT2D eigenvalue weighted by atomic mass is 10.0. The molecule has 0 bridgehead atoms. The van der Waals surface area contributed by atoms with Gasteiger partial charge in [-0.1, -0.05) is 17.3 Å². The first kappa shape index (κ1) is 15.1. The number of ether oxygens (including phenoxy) is 2. The van der Waals surface area contributed by atoms with Gasteiger partial charge in [0, 0.05) is 6.61 Å². The van der Waals surface area contributed by atoms with Crippen LogP contribution in [0.15, 0.2) is 29.4 Å². The number of amidine groups is 1. The molecule has 2 rings (SSSR count). The van der Waals surface area contributed by atoms with Crippen molar-refractivity contribution in [3.8, 4) is 5.75 Å². The predicted octanol–water partition coefficient (Wildman–Crippen LogP) is 1.18. The lowest BCUT2D eigenvalue weighted by molar-refractivity contribution is -0.123. The zero-order valence-corrected chi connectivity index (χ0v) is 11.6. The second kappa shape index (κ2) is 7.49. The van der Waals surface area contributed by atoms with Gasteiger partial charge in [-0.3, -0.25) is 4.79 Å². The SMILES string of the molecule is NC(COc1ccccc1NC(=O)C1CCCOC1)=NO. The fourth-order valence-electron chi connectivity index (χ4n) is 2.06. The minimum Gasteiger partial charge on any atom is -0.483 e. The van der Waals surface area contributed by atoms with Crippen LogP contribution >= 0.6 is 0 Å². The number of carbonyl (C=O) groups excluding carboxylic acids is 1. The Morgan fingerprint density at radius 3 is 3.05 bits per heavy atom. The maximum atomic E-state index is 12.2. The maximum absolute atomic E-state index is 12.2. The first-order valence-corrected chi connectivity index (χ1v) is 6.77. The summed E-state index contributed by atoms with van der Waals surface area (Å²) in [5.74, 6) is 0.191. The van der Waals surface area contributed by atoms with Crippen LogP contribution in [0, 0.1) is 5.92 Å². The molecule has 1 aromatic carbocycles. The van der Waals surface area contributed by atoms with E-state index in [2.05, 4.69) is 10.5 Å². The number of anilines is 1. The summed E-state index contributed by atoms with van der Waals surface area (Å²) in [4.78, 5) is 12.2. The molecule has 1 unspecified atom stereocenters. The lowest BCUT2D eigenvalue weighted by Gasteiger charge is -2.21. The molecule has 1 aliphatic heterocycles. The molecule has 1 aromatic rings. The average Bonchev–Trinajstić information content (AvgIpc) is 2.54. The van der Waals surface area contributed by atoms with E-state index in [-0.39, 0.29) is 24.3 Å². The first-order valence-electron chi connectivity index (χ1n) is 6.77. The smallest absolute Gasteiger partial charge is 0.229 e. The summed E-state index contributed by atoms with van der Waals surface area (Å²) in [5.41, 5.74) is 5.91. The number of hydrogen-bond acceptors (Lipinski definition) is 5. The molecule has 1 atom stereocenters. The Morgan fingerprint density at radius 1 is 1.52 bits per heavy atom. The zero-order chi connectivity index (χ0) is 15.1. The number of nitrogens with two attached hydrogens (primary N) is 1. The Morgan fingerprint density at radius 2 is 2.33 bits per heavy atom. The number of carbonyl (C=O) groups is 1. The Bertz CT molecular complexity index is 513. The molecule has 7 heteroatoms. The molecule has 7 nitrogen and oxygen atoms in total. The van der Waals surface area contributed by atoms with Crippen LogP contribution in [0.5, 0.6) is 5.75 Å². The fourth-order valence-corrected chi connectivity index (χ4v) is 2.06. The molecule has 1 fully saturated rings. The third-order valence-electron chi connectivity index (χ3n) is 3.18. The third-order valence-corrected chi connectivity index (χ3v) is 3.18. The Kier molecular flexibility index (Phi) is 5.39. The summed E-state index contributed by atoms with van der Waals surface area (Å²) in [6, 6.07) is 7.02. The van der Waals surface area contributed by atoms with Gasteiger partial charge in [0.25, 0.3) is 0 Å². The third kappa shape index (κ3) is 4.35. The van der Waals surface area contributed by atoms with E-state index in [1.54, 1.807) is 24.3 Å². The molecule has 0 saturated carbocycles. The molecule has 1 aliphatic rings. The summed E-state index contributed by atoms with van der Waals surface area (Å²) < 4.78 is 10.7. The molecule has 4 N–H and O–H groups in total. The second-order valence-corrected chi connectivity index (χ2v) is 4.78. The fraction of sp³-hybridized carbons (Fsp3) is 0.429. The molecule has 0 spiro atoms. The number of rotatable bonds is 5. The van der Waals surface area contributed by atoms with Crippen LogP contribution in [-0.2, 0) is 9.53 Å². The van der Waals surface area contributed by atoms with Crippen LogP contribution in [0.25, 0.3) is 0 Å². The van der Waals surface area contributed by atoms with E-state index in [1.807, 2.05) is 0 Å². The standard InChI is InChI=1S/C14H19N3O4/c15-13(17-19)9-21-12-6-2-1-5-11(12)16-14(18)10-4-3-7-20-8-10/h1-2,5-6,10,19H,3-4,7-9H2,(H2,15,17)(H,16,18). The number of benzene rings is 1. The highest BCUT2D eigenvalue weighted by atomic mass is 16.5. The average molecular weight is 293 g/mol. The summed E-state index contributed by atoms with van der Waals surface area (Å²) in [6.07, 6.45) is 1.71. The van der Waals surface area contributed by atoms with Crippen LogP contribution < -0.4 is 15.8 Å². The van der Waals surface area contributed by atoms with Crippen molar-refractivity contribution in [2.24, 2.45) is 16.8 Å². The van der Waals surface area contributed by atoms with Crippen LogP contribution in [0.3, 0.4) is 0 Å². The van der Waals surface area contributed by atoms with Gasteiger partial charge < -0.3 is 25.7 Å². The van der Waals surface area contributed by atoms with E-state index in [0.717, 1.165) is 12.8 Å². The van der Waals surface area contributed by atoms with E-state index in [4.69, 9.17) is 20.4 Å². The largest absolute Gasteiger partial charge is 0.483 e. The topological polar surface area (TPSA) is 106 Å². The van der Waals surface area contributed by atoms with E-state index < -0.39 is 0 Å². The summed E-state index contributed by atoms with van der Waals surface area (Å²) in [7, 11) is 0. The Balaban J connectivity index is 2.00. The van der Waals surface area contributed by atoms with Gasteiger partial charge in [0.15, 0.2) is 5.84 Å². The van der Waals surface area contributed by atoms with Crippen molar-refractivity contribution >= 4 is 17.4 Å². The molecule has 114 valence electrons. The first-order chi connectivity index (χ1) is 10.2. The second-order valence-electron chi connectivity index (χ2n) is 4.78. The van der Waals surface area contributed by atoms with Gasteiger partial charge >= 0.3 is 0 Å². The van der Waals surface area contributed by atoms with Crippen molar-refractivity contribution in [2.45, 2.75) is 12.8 Å². The van der Waals surface area contributed by atoms with Crippen LogP contribution in [0.1, 0.15) is 12.8 Å². The summed E-state index contributed by atoms with van der Waals surface area (Å²) in [6.45, 7) is 1.10. The van der Waals surface area contributed by atoms with Gasteiger partial charge in [0.05, 0.1) is 18.2 Å². The number of hydrogen-bond donors (Lipinski definition) is 3. The van der Waals surface area contributed by atoms with E-state index in [1.165, 1.54) is 0 Å². The highest BCUT2D eigenvalue weighted by Gasteiger charge is 2.22. The maximum Gasteiger partial charge on any atom is 0.229 e. The minimum atomic E-state index is -0.143. The van der Waals surface area contributed by atoms with E-state index >= 15 is 0 Å². The van der Waals surface area contributed by atoms with Crippen LogP contribution in [0.2, 0.25) is 0 Å². The van der Waals surface area contributed by atoms with Gasteiger partial charge in [0.1, 0.15) is 12.4 Å². The van der Waals surface area contributed by atoms with E-state index in [0.29, 0.717) is 24.7 Å². The normalized spacial score (nSPS) is 19.0. The summed E-state index contributed by atoms with van der Waals surface area (Å²) >= 11 is 0. The quantitative estimate of drug-likeness (QED) is 0.327. The van der Waals surface area contributed by atoms with Gasteiger partial charge in [-0.05, 0) is 25.0 Å². The monoisotopic (exact) mass is 293 g/mol. The van der Waals surface area contributed by atoms with Crippen molar-refractivity contribution in [1.82, 2.24) is 0 Å². The molecular weight excluding hydrogens is 274 g/mol.